The number of hydrogen-bond acceptors (Lipinski definition) is 5. The zero-order valence-electron chi connectivity index (χ0n) is 7.63. The van der Waals surface area contributed by atoms with Crippen molar-refractivity contribution in [3.63, 3.8) is 0 Å². The van der Waals surface area contributed by atoms with Crippen LogP contribution in [0.4, 0.5) is 0 Å². The van der Waals surface area contributed by atoms with Crippen LogP contribution >= 0.6 is 0 Å². The predicted octanol–water partition coefficient (Wildman–Crippen LogP) is -1.05. The van der Waals surface area contributed by atoms with Crippen molar-refractivity contribution in [2.24, 2.45) is 5.92 Å². The number of aromatic nitrogens is 2. The minimum absolute atomic E-state index is 0.110. The molecule has 74 valence electrons. The average molecular weight is 194 g/mol. The molecule has 0 amide bonds. The van der Waals surface area contributed by atoms with Gasteiger partial charge in [0.2, 0.25) is 5.88 Å². The van der Waals surface area contributed by atoms with Crippen molar-refractivity contribution >= 4 is 12.7 Å². The molecule has 1 aromatic heterocycles. The van der Waals surface area contributed by atoms with Gasteiger partial charge in [-0.15, -0.1) is 0 Å². The van der Waals surface area contributed by atoms with Crippen LogP contribution in [0, 0.1) is 5.92 Å². The van der Waals surface area contributed by atoms with E-state index in [1.165, 1.54) is 25.2 Å². The van der Waals surface area contributed by atoms with Crippen LogP contribution in [0.2, 0.25) is 0 Å². The highest BCUT2D eigenvalue weighted by Gasteiger charge is 2.22. The maximum atomic E-state index is 8.84. The summed E-state index contributed by atoms with van der Waals surface area (Å²) in [5.74, 6) is 0.988. The number of ether oxygens (including phenoxy) is 1. The van der Waals surface area contributed by atoms with Gasteiger partial charge in [-0.05, 0) is 18.8 Å². The minimum Gasteiger partial charge on any atom is -0.476 e. The highest BCUT2D eigenvalue weighted by Crippen LogP contribution is 2.28. The first-order valence-corrected chi connectivity index (χ1v) is 4.56. The summed E-state index contributed by atoms with van der Waals surface area (Å²) in [6.45, 7) is 0.639. The van der Waals surface area contributed by atoms with Crippen molar-refractivity contribution in [2.75, 3.05) is 6.61 Å². The SMILES string of the molecule is OB(O)c1cncc(OCC2CC2)n1. The first-order chi connectivity index (χ1) is 6.75. The Labute approximate surface area is 81.9 Å². The lowest BCUT2D eigenvalue weighted by molar-refractivity contribution is 0.287. The molecule has 1 saturated carbocycles. The number of rotatable bonds is 4. The zero-order chi connectivity index (χ0) is 9.97. The molecule has 1 aliphatic carbocycles. The molecule has 1 fully saturated rings. The lowest BCUT2D eigenvalue weighted by Crippen LogP contribution is -2.33. The maximum Gasteiger partial charge on any atom is 0.509 e. The molecule has 1 aliphatic rings. The highest BCUT2D eigenvalue weighted by atomic mass is 16.5. The summed E-state index contributed by atoms with van der Waals surface area (Å²) in [5.41, 5.74) is 0.110. The van der Waals surface area contributed by atoms with Crippen LogP contribution in [0.3, 0.4) is 0 Å². The largest absolute Gasteiger partial charge is 0.509 e. The molecule has 2 rings (SSSR count). The molecule has 0 atom stereocenters. The molecule has 5 nitrogen and oxygen atoms in total. The van der Waals surface area contributed by atoms with Gasteiger partial charge in [-0.25, -0.2) is 4.98 Å². The van der Waals surface area contributed by atoms with Crippen LogP contribution in [-0.2, 0) is 0 Å². The average Bonchev–Trinajstić information content (AvgIpc) is 2.99. The molecule has 14 heavy (non-hydrogen) atoms. The quantitative estimate of drug-likeness (QED) is 0.597. The molecule has 0 aliphatic heterocycles. The molecule has 1 aromatic rings. The number of hydrogen-bond donors (Lipinski definition) is 2. The van der Waals surface area contributed by atoms with Crippen LogP contribution in [0.1, 0.15) is 12.8 Å². The zero-order valence-corrected chi connectivity index (χ0v) is 7.63. The van der Waals surface area contributed by atoms with Gasteiger partial charge in [-0.1, -0.05) is 0 Å². The van der Waals surface area contributed by atoms with Gasteiger partial charge in [0.05, 0.1) is 18.4 Å². The molecule has 0 aromatic carbocycles. The molecule has 6 heteroatoms. The Morgan fingerprint density at radius 2 is 2.21 bits per heavy atom. The molecular formula is C8H11BN2O3. The van der Waals surface area contributed by atoms with Gasteiger partial charge in [-0.2, -0.15) is 0 Å². The lowest BCUT2D eigenvalue weighted by Gasteiger charge is -2.04. The van der Waals surface area contributed by atoms with Crippen molar-refractivity contribution in [3.8, 4) is 5.88 Å². The third-order valence-electron chi connectivity index (χ3n) is 2.06. The second-order valence-electron chi connectivity index (χ2n) is 3.41. The van der Waals surface area contributed by atoms with E-state index in [1.807, 2.05) is 0 Å². The fourth-order valence-electron chi connectivity index (χ4n) is 1.04. The van der Waals surface area contributed by atoms with Gasteiger partial charge in [0.15, 0.2) is 0 Å². The molecular weight excluding hydrogens is 183 g/mol. The second kappa shape index (κ2) is 3.94. The van der Waals surface area contributed by atoms with Crippen LogP contribution < -0.4 is 10.3 Å². The van der Waals surface area contributed by atoms with Gasteiger partial charge in [-0.3, -0.25) is 4.98 Å². The van der Waals surface area contributed by atoms with Crippen molar-refractivity contribution in [2.45, 2.75) is 12.8 Å². The van der Waals surface area contributed by atoms with E-state index in [-0.39, 0.29) is 5.59 Å². The van der Waals surface area contributed by atoms with Crippen LogP contribution in [0.25, 0.3) is 0 Å². The van der Waals surface area contributed by atoms with Crippen LogP contribution in [-0.4, -0.2) is 33.7 Å². The van der Waals surface area contributed by atoms with E-state index in [2.05, 4.69) is 9.97 Å². The minimum atomic E-state index is -1.59. The normalized spacial score (nSPS) is 15.3. The Morgan fingerprint density at radius 1 is 1.43 bits per heavy atom. The Hall–Kier alpha value is -1.14. The van der Waals surface area contributed by atoms with E-state index in [0.29, 0.717) is 18.4 Å². The van der Waals surface area contributed by atoms with E-state index in [0.717, 1.165) is 0 Å². The Balaban J connectivity index is 1.97. The molecule has 0 bridgehead atoms. The third-order valence-corrected chi connectivity index (χ3v) is 2.06. The van der Waals surface area contributed by atoms with E-state index >= 15 is 0 Å². The lowest BCUT2D eigenvalue weighted by atomic mass is 9.87. The van der Waals surface area contributed by atoms with Gasteiger partial charge < -0.3 is 14.8 Å². The first kappa shape index (κ1) is 9.42. The van der Waals surface area contributed by atoms with Gasteiger partial charge in [0.25, 0.3) is 0 Å². The van der Waals surface area contributed by atoms with Crippen molar-refractivity contribution < 1.29 is 14.8 Å². The Kier molecular flexibility index (Phi) is 2.65. The first-order valence-electron chi connectivity index (χ1n) is 4.56. The van der Waals surface area contributed by atoms with Crippen molar-refractivity contribution in [1.82, 2.24) is 9.97 Å². The second-order valence-corrected chi connectivity index (χ2v) is 3.41. The summed E-state index contributed by atoms with van der Waals surface area (Å²) in [4.78, 5) is 7.68. The summed E-state index contributed by atoms with van der Waals surface area (Å²) >= 11 is 0. The van der Waals surface area contributed by atoms with Crippen LogP contribution in [0.15, 0.2) is 12.4 Å². The topological polar surface area (TPSA) is 75.5 Å². The van der Waals surface area contributed by atoms with E-state index in [9.17, 15) is 0 Å². The predicted molar refractivity (Wildman–Crippen MR) is 50.1 cm³/mol. The summed E-state index contributed by atoms with van der Waals surface area (Å²) < 4.78 is 5.32. The fourth-order valence-corrected chi connectivity index (χ4v) is 1.04. The molecule has 0 saturated heterocycles. The fraction of sp³-hybridized carbons (Fsp3) is 0.500. The molecule has 0 unspecified atom stereocenters. The maximum absolute atomic E-state index is 8.84. The molecule has 1 heterocycles. The smallest absolute Gasteiger partial charge is 0.476 e. The number of nitrogens with zero attached hydrogens (tertiary/aromatic N) is 2. The standard InChI is InChI=1S/C8H11BN2O3/c12-9(13)7-3-10-4-8(11-7)14-5-6-1-2-6/h3-4,6,12-13H,1-2,5H2. The Bertz CT molecular complexity index is 317. The van der Waals surface area contributed by atoms with Gasteiger partial charge >= 0.3 is 7.12 Å². The van der Waals surface area contributed by atoms with E-state index in [1.54, 1.807) is 0 Å². The highest BCUT2D eigenvalue weighted by molar-refractivity contribution is 6.57. The third kappa shape index (κ3) is 2.43. The van der Waals surface area contributed by atoms with Gasteiger partial charge in [0, 0.05) is 6.20 Å². The van der Waals surface area contributed by atoms with E-state index in [4.69, 9.17) is 14.8 Å². The van der Waals surface area contributed by atoms with Crippen molar-refractivity contribution in [3.05, 3.63) is 12.4 Å². The van der Waals surface area contributed by atoms with E-state index < -0.39 is 7.12 Å². The summed E-state index contributed by atoms with van der Waals surface area (Å²) in [7, 11) is -1.59. The van der Waals surface area contributed by atoms with Crippen LogP contribution in [0.5, 0.6) is 5.88 Å². The monoisotopic (exact) mass is 194 g/mol. The Morgan fingerprint density at radius 3 is 2.86 bits per heavy atom. The van der Waals surface area contributed by atoms with Crippen molar-refractivity contribution in [1.29, 1.82) is 0 Å². The van der Waals surface area contributed by atoms with Gasteiger partial charge in [0.1, 0.15) is 0 Å². The molecule has 2 N–H and O–H groups in total. The summed E-state index contributed by atoms with van der Waals surface area (Å²) in [6, 6.07) is 0. The summed E-state index contributed by atoms with van der Waals surface area (Å²) in [6.07, 6.45) is 5.17. The molecule has 0 spiro atoms. The summed E-state index contributed by atoms with van der Waals surface area (Å²) in [5, 5.41) is 17.7. The molecule has 0 radical (unpaired) electrons.